The third-order valence-corrected chi connectivity index (χ3v) is 2.80. The Bertz CT molecular complexity index is 313. The van der Waals surface area contributed by atoms with Crippen LogP contribution in [0.25, 0.3) is 0 Å². The molecule has 0 fully saturated rings. The largest absolute Gasteiger partial charge is 0.316 e. The Morgan fingerprint density at radius 2 is 2.00 bits per heavy atom. The maximum Gasteiger partial charge on any atom is 0.0641 e. The number of aromatic nitrogens is 2. The van der Waals surface area contributed by atoms with Crippen molar-refractivity contribution in [3.8, 4) is 0 Å². The van der Waals surface area contributed by atoms with Crippen LogP contribution in [0.1, 0.15) is 37.2 Å². The fourth-order valence-corrected chi connectivity index (χ4v) is 1.76. The number of rotatable bonds is 5. The van der Waals surface area contributed by atoms with Gasteiger partial charge < -0.3 is 5.32 Å². The third-order valence-electron chi connectivity index (χ3n) is 2.80. The van der Waals surface area contributed by atoms with Crippen LogP contribution in [0.15, 0.2) is 0 Å². The molecule has 1 rings (SSSR count). The minimum absolute atomic E-state index is 0.738. The second-order valence-electron chi connectivity index (χ2n) is 4.59. The summed E-state index contributed by atoms with van der Waals surface area (Å²) in [6.45, 7) is 10.7. The Kier molecular flexibility index (Phi) is 4.33. The summed E-state index contributed by atoms with van der Waals surface area (Å²) in [6.07, 6.45) is 1.20. The van der Waals surface area contributed by atoms with Gasteiger partial charge >= 0.3 is 0 Å². The monoisotopic (exact) mass is 209 g/mol. The number of hydrogen-bond donors (Lipinski definition) is 1. The number of nitrogens with zero attached hydrogens (tertiary/aromatic N) is 2. The SMILES string of the molecule is CNCc1c(C)nn(CCC(C)C)c1C. The Labute approximate surface area is 92.9 Å². The highest BCUT2D eigenvalue weighted by Crippen LogP contribution is 2.14. The molecule has 0 aromatic carbocycles. The van der Waals surface area contributed by atoms with Crippen LogP contribution in [0.4, 0.5) is 0 Å². The lowest BCUT2D eigenvalue weighted by Crippen LogP contribution is -2.08. The Hall–Kier alpha value is -0.830. The second-order valence-corrected chi connectivity index (χ2v) is 4.59. The molecular weight excluding hydrogens is 186 g/mol. The van der Waals surface area contributed by atoms with Crippen LogP contribution in [0, 0.1) is 19.8 Å². The van der Waals surface area contributed by atoms with E-state index in [4.69, 9.17) is 0 Å². The topological polar surface area (TPSA) is 29.9 Å². The average molecular weight is 209 g/mol. The first kappa shape index (κ1) is 12.2. The highest BCUT2D eigenvalue weighted by molar-refractivity contribution is 5.24. The lowest BCUT2D eigenvalue weighted by atomic mass is 10.1. The van der Waals surface area contributed by atoms with Gasteiger partial charge in [-0.3, -0.25) is 4.68 Å². The van der Waals surface area contributed by atoms with Crippen molar-refractivity contribution in [1.82, 2.24) is 15.1 Å². The lowest BCUT2D eigenvalue weighted by molar-refractivity contribution is 0.478. The first-order valence-corrected chi connectivity index (χ1v) is 5.73. The van der Waals surface area contributed by atoms with Crippen molar-refractivity contribution in [1.29, 1.82) is 0 Å². The van der Waals surface area contributed by atoms with E-state index >= 15 is 0 Å². The molecule has 1 aromatic heterocycles. The fourth-order valence-electron chi connectivity index (χ4n) is 1.76. The van der Waals surface area contributed by atoms with E-state index in [-0.39, 0.29) is 0 Å². The van der Waals surface area contributed by atoms with Crippen molar-refractivity contribution in [3.05, 3.63) is 17.0 Å². The van der Waals surface area contributed by atoms with E-state index in [1.165, 1.54) is 17.7 Å². The zero-order valence-corrected chi connectivity index (χ0v) is 10.6. The van der Waals surface area contributed by atoms with Crippen LogP contribution in [-0.4, -0.2) is 16.8 Å². The van der Waals surface area contributed by atoms with Crippen LogP contribution in [-0.2, 0) is 13.1 Å². The molecule has 0 unspecified atom stereocenters. The summed E-state index contributed by atoms with van der Waals surface area (Å²) in [7, 11) is 1.98. The van der Waals surface area contributed by atoms with E-state index in [2.05, 4.69) is 42.8 Å². The van der Waals surface area contributed by atoms with Crippen molar-refractivity contribution >= 4 is 0 Å². The third kappa shape index (κ3) is 3.06. The predicted octanol–water partition coefficient (Wildman–Crippen LogP) is 2.27. The molecule has 0 aliphatic carbocycles. The lowest BCUT2D eigenvalue weighted by Gasteiger charge is -2.07. The normalized spacial score (nSPS) is 11.3. The Morgan fingerprint density at radius 1 is 1.33 bits per heavy atom. The van der Waals surface area contributed by atoms with Gasteiger partial charge in [-0.2, -0.15) is 5.10 Å². The van der Waals surface area contributed by atoms with E-state index in [1.807, 2.05) is 7.05 Å². The van der Waals surface area contributed by atoms with Crippen molar-refractivity contribution < 1.29 is 0 Å². The summed E-state index contributed by atoms with van der Waals surface area (Å²) in [5.74, 6) is 0.738. The molecule has 15 heavy (non-hydrogen) atoms. The van der Waals surface area contributed by atoms with Gasteiger partial charge in [-0.05, 0) is 33.2 Å². The molecule has 1 aromatic rings. The average Bonchev–Trinajstić information content (AvgIpc) is 2.43. The highest BCUT2D eigenvalue weighted by Gasteiger charge is 2.10. The number of aryl methyl sites for hydroxylation is 2. The minimum Gasteiger partial charge on any atom is -0.316 e. The van der Waals surface area contributed by atoms with E-state index < -0.39 is 0 Å². The van der Waals surface area contributed by atoms with E-state index in [1.54, 1.807) is 0 Å². The highest BCUT2D eigenvalue weighted by atomic mass is 15.3. The van der Waals surface area contributed by atoms with Crippen molar-refractivity contribution in [2.75, 3.05) is 7.05 Å². The van der Waals surface area contributed by atoms with E-state index in [0.29, 0.717) is 0 Å². The summed E-state index contributed by atoms with van der Waals surface area (Å²) < 4.78 is 2.14. The summed E-state index contributed by atoms with van der Waals surface area (Å²) in [5, 5.41) is 7.77. The molecule has 3 heteroatoms. The van der Waals surface area contributed by atoms with Crippen LogP contribution in [0.3, 0.4) is 0 Å². The van der Waals surface area contributed by atoms with Crippen molar-refractivity contribution in [3.63, 3.8) is 0 Å². The Balaban J connectivity index is 2.77. The summed E-state index contributed by atoms with van der Waals surface area (Å²) >= 11 is 0. The van der Waals surface area contributed by atoms with Crippen LogP contribution < -0.4 is 5.32 Å². The molecule has 0 spiro atoms. The summed E-state index contributed by atoms with van der Waals surface area (Å²) in [4.78, 5) is 0. The molecule has 0 radical (unpaired) electrons. The Morgan fingerprint density at radius 3 is 2.53 bits per heavy atom. The van der Waals surface area contributed by atoms with Gasteiger partial charge in [-0.1, -0.05) is 13.8 Å². The van der Waals surface area contributed by atoms with E-state index in [9.17, 15) is 0 Å². The van der Waals surface area contributed by atoms with Gasteiger partial charge in [0.2, 0.25) is 0 Å². The van der Waals surface area contributed by atoms with Crippen LogP contribution in [0.2, 0.25) is 0 Å². The summed E-state index contributed by atoms with van der Waals surface area (Å²) in [5.41, 5.74) is 3.81. The molecule has 1 heterocycles. The fraction of sp³-hybridized carbons (Fsp3) is 0.750. The molecule has 0 amide bonds. The van der Waals surface area contributed by atoms with Crippen LogP contribution >= 0.6 is 0 Å². The van der Waals surface area contributed by atoms with Gasteiger partial charge in [0, 0.05) is 24.3 Å². The predicted molar refractivity (Wildman–Crippen MR) is 63.9 cm³/mol. The quantitative estimate of drug-likeness (QED) is 0.806. The summed E-state index contributed by atoms with van der Waals surface area (Å²) in [6, 6.07) is 0. The zero-order valence-electron chi connectivity index (χ0n) is 10.6. The number of hydrogen-bond acceptors (Lipinski definition) is 2. The molecule has 3 nitrogen and oxygen atoms in total. The molecule has 0 aliphatic rings. The maximum absolute atomic E-state index is 4.58. The molecule has 0 saturated carbocycles. The van der Waals surface area contributed by atoms with Crippen LogP contribution in [0.5, 0.6) is 0 Å². The zero-order chi connectivity index (χ0) is 11.4. The van der Waals surface area contributed by atoms with Crippen molar-refractivity contribution in [2.24, 2.45) is 5.92 Å². The number of nitrogens with one attached hydrogen (secondary N) is 1. The molecule has 86 valence electrons. The maximum atomic E-state index is 4.58. The first-order chi connectivity index (χ1) is 7.06. The van der Waals surface area contributed by atoms with Gasteiger partial charge in [0.05, 0.1) is 5.69 Å². The first-order valence-electron chi connectivity index (χ1n) is 5.73. The van der Waals surface area contributed by atoms with Crippen molar-refractivity contribution in [2.45, 2.75) is 47.2 Å². The standard InChI is InChI=1S/C12H23N3/c1-9(2)6-7-15-11(4)12(8-13-5)10(3)14-15/h9,13H,6-8H2,1-5H3. The minimum atomic E-state index is 0.738. The molecule has 1 N–H and O–H groups in total. The second kappa shape index (κ2) is 5.31. The molecule has 0 bridgehead atoms. The molecule has 0 atom stereocenters. The van der Waals surface area contributed by atoms with Gasteiger partial charge in [-0.25, -0.2) is 0 Å². The van der Waals surface area contributed by atoms with E-state index in [0.717, 1.165) is 24.7 Å². The van der Waals surface area contributed by atoms with Gasteiger partial charge in [0.1, 0.15) is 0 Å². The van der Waals surface area contributed by atoms with Gasteiger partial charge in [-0.15, -0.1) is 0 Å². The smallest absolute Gasteiger partial charge is 0.0641 e. The van der Waals surface area contributed by atoms with Gasteiger partial charge in [0.15, 0.2) is 0 Å². The molecular formula is C12H23N3. The van der Waals surface area contributed by atoms with Gasteiger partial charge in [0.25, 0.3) is 0 Å². The molecule has 0 aliphatic heterocycles. The molecule has 0 saturated heterocycles.